The van der Waals surface area contributed by atoms with Crippen molar-refractivity contribution in [2.24, 2.45) is 7.05 Å². The number of nitrogens with one attached hydrogen (secondary N) is 1. The fourth-order valence-corrected chi connectivity index (χ4v) is 2.25. The summed E-state index contributed by atoms with van der Waals surface area (Å²) in [5, 5.41) is 13.3. The van der Waals surface area contributed by atoms with Gasteiger partial charge in [0.15, 0.2) is 0 Å². The highest BCUT2D eigenvalue weighted by Crippen LogP contribution is 2.19. The lowest BCUT2D eigenvalue weighted by Gasteiger charge is -2.09. The van der Waals surface area contributed by atoms with Crippen LogP contribution in [0, 0.1) is 0 Å². The van der Waals surface area contributed by atoms with Crippen molar-refractivity contribution in [1.29, 1.82) is 0 Å². The number of aryl methyl sites for hydroxylation is 1. The van der Waals surface area contributed by atoms with E-state index in [0.29, 0.717) is 18.5 Å². The monoisotopic (exact) mass is 276 g/mol. The summed E-state index contributed by atoms with van der Waals surface area (Å²) in [6.45, 7) is 0.705. The van der Waals surface area contributed by atoms with E-state index >= 15 is 0 Å². The van der Waals surface area contributed by atoms with E-state index in [-0.39, 0.29) is 12.5 Å². The number of carbonyl (C=O) groups is 1. The number of aromatic nitrogens is 1. The molecule has 5 nitrogen and oxygen atoms in total. The van der Waals surface area contributed by atoms with E-state index in [0.717, 1.165) is 10.9 Å². The first kappa shape index (κ1) is 14.6. The lowest BCUT2D eigenvalue weighted by atomic mass is 10.1. The predicted molar refractivity (Wildman–Crippen MR) is 77.8 cm³/mol. The average molecular weight is 276 g/mol. The fraction of sp³-hybridized carbons (Fsp3) is 0.400. The van der Waals surface area contributed by atoms with Crippen LogP contribution in [-0.2, 0) is 11.8 Å². The topological polar surface area (TPSA) is 63.5 Å². The molecule has 0 saturated carbocycles. The maximum absolute atomic E-state index is 12.2. The van der Waals surface area contributed by atoms with Gasteiger partial charge in [-0.15, -0.1) is 0 Å². The van der Waals surface area contributed by atoms with E-state index in [1.54, 1.807) is 0 Å². The highest BCUT2D eigenvalue weighted by Gasteiger charge is 2.13. The Balaban J connectivity index is 2.01. The first-order valence-electron chi connectivity index (χ1n) is 6.62. The van der Waals surface area contributed by atoms with Gasteiger partial charge in [-0.05, 0) is 12.5 Å². The molecule has 0 spiro atoms. The van der Waals surface area contributed by atoms with Crippen LogP contribution in [0.1, 0.15) is 16.8 Å². The van der Waals surface area contributed by atoms with Gasteiger partial charge >= 0.3 is 0 Å². The van der Waals surface area contributed by atoms with Crippen molar-refractivity contribution >= 4 is 16.8 Å². The van der Waals surface area contributed by atoms with Gasteiger partial charge in [0.1, 0.15) is 0 Å². The summed E-state index contributed by atoms with van der Waals surface area (Å²) in [4.78, 5) is 12.2. The predicted octanol–water partition coefficient (Wildman–Crippen LogP) is 1.31. The van der Waals surface area contributed by atoms with Gasteiger partial charge in [0.2, 0.25) is 0 Å². The van der Waals surface area contributed by atoms with Gasteiger partial charge in [-0.3, -0.25) is 4.79 Å². The molecule has 1 unspecified atom stereocenters. The van der Waals surface area contributed by atoms with Gasteiger partial charge in [-0.1, -0.05) is 18.2 Å². The average Bonchev–Trinajstić information content (AvgIpc) is 2.77. The van der Waals surface area contributed by atoms with Crippen LogP contribution in [0.4, 0.5) is 0 Å². The van der Waals surface area contributed by atoms with E-state index in [1.807, 2.05) is 42.1 Å². The summed E-state index contributed by atoms with van der Waals surface area (Å²) in [7, 11) is 3.46. The Morgan fingerprint density at radius 2 is 2.20 bits per heavy atom. The van der Waals surface area contributed by atoms with Crippen LogP contribution in [0.5, 0.6) is 0 Å². The van der Waals surface area contributed by atoms with Gasteiger partial charge in [0.25, 0.3) is 5.91 Å². The molecule has 1 atom stereocenters. The van der Waals surface area contributed by atoms with E-state index in [1.165, 1.54) is 7.11 Å². The molecule has 2 N–H and O–H groups in total. The maximum Gasteiger partial charge on any atom is 0.253 e. The normalized spacial score (nSPS) is 12.6. The highest BCUT2D eigenvalue weighted by atomic mass is 16.5. The van der Waals surface area contributed by atoms with Gasteiger partial charge in [0.05, 0.1) is 18.3 Å². The van der Waals surface area contributed by atoms with Crippen LogP contribution in [0.25, 0.3) is 10.9 Å². The van der Waals surface area contributed by atoms with Crippen molar-refractivity contribution < 1.29 is 14.6 Å². The summed E-state index contributed by atoms with van der Waals surface area (Å²) in [5.74, 6) is -0.119. The molecule has 0 aliphatic rings. The molecular weight excluding hydrogens is 256 g/mol. The van der Waals surface area contributed by atoms with Crippen molar-refractivity contribution in [1.82, 2.24) is 9.88 Å². The van der Waals surface area contributed by atoms with Crippen LogP contribution < -0.4 is 5.32 Å². The number of fused-ring (bicyclic) bond motifs is 1. The molecule has 0 radical (unpaired) electrons. The second kappa shape index (κ2) is 6.54. The summed E-state index contributed by atoms with van der Waals surface area (Å²) < 4.78 is 6.78. The number of rotatable bonds is 6. The molecule has 2 aromatic rings. The zero-order chi connectivity index (χ0) is 14.5. The summed E-state index contributed by atoms with van der Waals surface area (Å²) in [5.41, 5.74) is 1.68. The molecule has 0 saturated heterocycles. The summed E-state index contributed by atoms with van der Waals surface area (Å²) in [6, 6.07) is 7.78. The molecule has 108 valence electrons. The fourth-order valence-electron chi connectivity index (χ4n) is 2.25. The minimum absolute atomic E-state index is 0.119. The van der Waals surface area contributed by atoms with E-state index in [9.17, 15) is 9.90 Å². The first-order chi connectivity index (χ1) is 9.63. The molecular formula is C15H20N2O3. The lowest BCUT2D eigenvalue weighted by molar-refractivity contribution is 0.0588. The van der Waals surface area contributed by atoms with Crippen LogP contribution in [0.2, 0.25) is 0 Å². The van der Waals surface area contributed by atoms with Crippen LogP contribution in [0.15, 0.2) is 30.5 Å². The van der Waals surface area contributed by atoms with E-state index < -0.39 is 6.10 Å². The SMILES string of the molecule is COCC(O)CCNC(=O)c1cn(C)c2ccccc12. The smallest absolute Gasteiger partial charge is 0.253 e. The Morgan fingerprint density at radius 3 is 2.95 bits per heavy atom. The molecule has 20 heavy (non-hydrogen) atoms. The highest BCUT2D eigenvalue weighted by molar-refractivity contribution is 6.06. The largest absolute Gasteiger partial charge is 0.391 e. The molecule has 2 rings (SSSR count). The Labute approximate surface area is 118 Å². The number of aliphatic hydroxyl groups is 1. The van der Waals surface area contributed by atoms with Crippen molar-refractivity contribution in [3.63, 3.8) is 0 Å². The number of carbonyl (C=O) groups excluding carboxylic acids is 1. The zero-order valence-electron chi connectivity index (χ0n) is 11.8. The van der Waals surface area contributed by atoms with Crippen LogP contribution in [-0.4, -0.2) is 41.9 Å². The third-order valence-electron chi connectivity index (χ3n) is 3.26. The number of ether oxygens (including phenoxy) is 1. The second-order valence-electron chi connectivity index (χ2n) is 4.82. The summed E-state index contributed by atoms with van der Waals surface area (Å²) >= 11 is 0. The van der Waals surface area contributed by atoms with Crippen molar-refractivity contribution in [2.75, 3.05) is 20.3 Å². The Bertz CT molecular complexity index is 592. The molecule has 1 aromatic carbocycles. The van der Waals surface area contributed by atoms with Crippen LogP contribution >= 0.6 is 0 Å². The van der Waals surface area contributed by atoms with Crippen LogP contribution in [0.3, 0.4) is 0 Å². The Kier molecular flexibility index (Phi) is 4.76. The number of hydrogen-bond donors (Lipinski definition) is 2. The molecule has 0 aliphatic carbocycles. The minimum Gasteiger partial charge on any atom is -0.391 e. The first-order valence-corrected chi connectivity index (χ1v) is 6.62. The molecule has 1 heterocycles. The molecule has 1 amide bonds. The van der Waals surface area contributed by atoms with E-state index in [4.69, 9.17) is 4.74 Å². The van der Waals surface area contributed by atoms with Crippen molar-refractivity contribution in [3.8, 4) is 0 Å². The molecule has 5 heteroatoms. The number of para-hydroxylation sites is 1. The second-order valence-corrected chi connectivity index (χ2v) is 4.82. The number of hydrogen-bond acceptors (Lipinski definition) is 3. The quantitative estimate of drug-likeness (QED) is 0.836. The number of nitrogens with zero attached hydrogens (tertiary/aromatic N) is 1. The molecule has 0 aliphatic heterocycles. The van der Waals surface area contributed by atoms with Gasteiger partial charge in [-0.25, -0.2) is 0 Å². The zero-order valence-corrected chi connectivity index (χ0v) is 11.8. The molecule has 1 aromatic heterocycles. The number of amides is 1. The lowest BCUT2D eigenvalue weighted by Crippen LogP contribution is -2.28. The number of benzene rings is 1. The van der Waals surface area contributed by atoms with Crippen molar-refractivity contribution in [2.45, 2.75) is 12.5 Å². The maximum atomic E-state index is 12.2. The standard InChI is InChI=1S/C15H20N2O3/c1-17-9-13(12-5-3-4-6-14(12)17)15(19)16-8-7-11(18)10-20-2/h3-6,9,11,18H,7-8,10H2,1-2H3,(H,16,19). The molecule has 0 bridgehead atoms. The third-order valence-corrected chi connectivity index (χ3v) is 3.26. The van der Waals surface area contributed by atoms with Gasteiger partial charge in [-0.2, -0.15) is 0 Å². The van der Waals surface area contributed by atoms with Gasteiger partial charge in [0, 0.05) is 37.8 Å². The molecule has 0 fully saturated rings. The summed E-state index contributed by atoms with van der Waals surface area (Å²) in [6.07, 6.45) is 1.75. The number of aliphatic hydroxyl groups excluding tert-OH is 1. The van der Waals surface area contributed by atoms with Gasteiger partial charge < -0.3 is 19.7 Å². The third kappa shape index (κ3) is 3.18. The number of methoxy groups -OCH3 is 1. The minimum atomic E-state index is -0.548. The van der Waals surface area contributed by atoms with E-state index in [2.05, 4.69) is 5.32 Å². The Hall–Kier alpha value is -1.85. The Morgan fingerprint density at radius 1 is 1.45 bits per heavy atom. The van der Waals surface area contributed by atoms with Crippen molar-refractivity contribution in [3.05, 3.63) is 36.0 Å².